The maximum Gasteiger partial charge on any atom is 0.239 e. The molecule has 2 aromatic rings. The van der Waals surface area contributed by atoms with Gasteiger partial charge < -0.3 is 10.3 Å². The smallest absolute Gasteiger partial charge is 0.239 e. The van der Waals surface area contributed by atoms with Crippen LogP contribution in [0.4, 0.5) is 0 Å². The summed E-state index contributed by atoms with van der Waals surface area (Å²) in [5, 5.41) is 7.36. The van der Waals surface area contributed by atoms with Crippen molar-refractivity contribution in [3.63, 3.8) is 0 Å². The van der Waals surface area contributed by atoms with E-state index in [1.807, 2.05) is 30.3 Å². The van der Waals surface area contributed by atoms with Crippen molar-refractivity contribution in [2.24, 2.45) is 5.73 Å². The van der Waals surface area contributed by atoms with Gasteiger partial charge in [-0.25, -0.2) is 0 Å². The summed E-state index contributed by atoms with van der Waals surface area (Å²) in [5.74, 6) is 0.921. The number of carbonyl (C=O) groups is 1. The highest BCUT2D eigenvalue weighted by molar-refractivity contribution is 5.81. The normalized spacial score (nSPS) is 20.0. The van der Waals surface area contributed by atoms with Gasteiger partial charge in [0.05, 0.1) is 6.54 Å². The molecule has 1 aliphatic heterocycles. The highest BCUT2D eigenvalue weighted by Gasteiger charge is 2.26. The zero-order chi connectivity index (χ0) is 16.9. The van der Waals surface area contributed by atoms with E-state index >= 15 is 0 Å². The van der Waals surface area contributed by atoms with E-state index in [4.69, 9.17) is 10.3 Å². The van der Waals surface area contributed by atoms with Crippen molar-refractivity contribution in [2.75, 3.05) is 13.1 Å². The number of aromatic nitrogens is 2. The van der Waals surface area contributed by atoms with Gasteiger partial charge in [0, 0.05) is 19.5 Å². The SMILES string of the molecule is Cc1nc(CN2CCC[C@@H](N[C@H](C(N)=O)c3ccccc3)C2)no1. The van der Waals surface area contributed by atoms with Gasteiger partial charge in [0.15, 0.2) is 5.82 Å². The highest BCUT2D eigenvalue weighted by atomic mass is 16.5. The van der Waals surface area contributed by atoms with Gasteiger partial charge in [-0.05, 0) is 24.9 Å². The second kappa shape index (κ2) is 7.55. The van der Waals surface area contributed by atoms with Crippen molar-refractivity contribution >= 4 is 5.91 Å². The number of nitrogens with zero attached hydrogens (tertiary/aromatic N) is 3. The molecule has 0 bridgehead atoms. The third-order valence-corrected chi connectivity index (χ3v) is 4.26. The number of carbonyl (C=O) groups excluding carboxylic acids is 1. The lowest BCUT2D eigenvalue weighted by Gasteiger charge is -2.34. The van der Waals surface area contributed by atoms with Gasteiger partial charge in [0.2, 0.25) is 11.8 Å². The zero-order valence-electron chi connectivity index (χ0n) is 13.8. The number of aryl methyl sites for hydroxylation is 1. The molecule has 2 heterocycles. The molecule has 2 atom stereocenters. The molecule has 3 N–H and O–H groups in total. The molecule has 24 heavy (non-hydrogen) atoms. The Kier molecular flexibility index (Phi) is 5.22. The molecule has 1 amide bonds. The molecular formula is C17H23N5O2. The van der Waals surface area contributed by atoms with Crippen LogP contribution in [0.5, 0.6) is 0 Å². The minimum absolute atomic E-state index is 0.199. The lowest BCUT2D eigenvalue weighted by atomic mass is 10.0. The molecule has 0 aliphatic carbocycles. The summed E-state index contributed by atoms with van der Waals surface area (Å²) in [5.41, 5.74) is 6.50. The quantitative estimate of drug-likeness (QED) is 0.825. The Hall–Kier alpha value is -2.25. The van der Waals surface area contributed by atoms with Crippen molar-refractivity contribution in [2.45, 2.75) is 38.4 Å². The summed E-state index contributed by atoms with van der Waals surface area (Å²) in [6.45, 7) is 4.25. The van der Waals surface area contributed by atoms with Crippen LogP contribution in [0, 0.1) is 6.92 Å². The number of rotatable bonds is 6. The summed E-state index contributed by atoms with van der Waals surface area (Å²) >= 11 is 0. The molecule has 0 radical (unpaired) electrons. The van der Waals surface area contributed by atoms with Gasteiger partial charge in [-0.1, -0.05) is 35.5 Å². The van der Waals surface area contributed by atoms with Gasteiger partial charge in [0.25, 0.3) is 0 Å². The van der Waals surface area contributed by atoms with E-state index in [1.54, 1.807) is 6.92 Å². The number of hydrogen-bond acceptors (Lipinski definition) is 6. The average Bonchev–Trinajstić information content (AvgIpc) is 2.98. The zero-order valence-corrected chi connectivity index (χ0v) is 13.8. The number of primary amides is 1. The predicted octanol–water partition coefficient (Wildman–Crippen LogP) is 1.16. The van der Waals surface area contributed by atoms with E-state index in [2.05, 4.69) is 20.4 Å². The van der Waals surface area contributed by atoms with Crippen molar-refractivity contribution in [3.8, 4) is 0 Å². The van der Waals surface area contributed by atoms with Crippen LogP contribution in [0.25, 0.3) is 0 Å². The molecule has 1 saturated heterocycles. The molecule has 0 saturated carbocycles. The number of nitrogens with two attached hydrogens (primary N) is 1. The van der Waals surface area contributed by atoms with E-state index in [9.17, 15) is 4.79 Å². The monoisotopic (exact) mass is 329 g/mol. The second-order valence-corrected chi connectivity index (χ2v) is 6.22. The number of piperidine rings is 1. The van der Waals surface area contributed by atoms with E-state index in [1.165, 1.54) is 0 Å². The molecular weight excluding hydrogens is 306 g/mol. The third kappa shape index (κ3) is 4.18. The number of hydrogen-bond donors (Lipinski definition) is 2. The molecule has 7 heteroatoms. The van der Waals surface area contributed by atoms with Crippen LogP contribution in [-0.4, -0.2) is 40.1 Å². The fourth-order valence-corrected chi connectivity index (χ4v) is 3.16. The minimum atomic E-state index is -0.469. The Morgan fingerprint density at radius 2 is 2.25 bits per heavy atom. The Bertz CT molecular complexity index is 673. The molecule has 0 unspecified atom stereocenters. The van der Waals surface area contributed by atoms with Crippen LogP contribution in [0.3, 0.4) is 0 Å². The second-order valence-electron chi connectivity index (χ2n) is 6.22. The van der Waals surface area contributed by atoms with Gasteiger partial charge in [-0.3, -0.25) is 15.0 Å². The van der Waals surface area contributed by atoms with Crippen LogP contribution >= 0.6 is 0 Å². The van der Waals surface area contributed by atoms with E-state index in [-0.39, 0.29) is 11.9 Å². The van der Waals surface area contributed by atoms with Gasteiger partial charge >= 0.3 is 0 Å². The number of nitrogens with one attached hydrogen (secondary N) is 1. The van der Waals surface area contributed by atoms with Crippen molar-refractivity contribution < 1.29 is 9.32 Å². The Labute approximate surface area is 141 Å². The molecule has 1 fully saturated rings. The predicted molar refractivity (Wildman–Crippen MR) is 88.8 cm³/mol. The Morgan fingerprint density at radius 3 is 2.92 bits per heavy atom. The Balaban J connectivity index is 1.62. The summed E-state index contributed by atoms with van der Waals surface area (Å²) in [6.07, 6.45) is 2.06. The lowest BCUT2D eigenvalue weighted by molar-refractivity contribution is -0.120. The topological polar surface area (TPSA) is 97.3 Å². The van der Waals surface area contributed by atoms with Crippen LogP contribution in [-0.2, 0) is 11.3 Å². The number of amides is 1. The highest BCUT2D eigenvalue weighted by Crippen LogP contribution is 2.18. The van der Waals surface area contributed by atoms with Crippen molar-refractivity contribution in [1.82, 2.24) is 20.4 Å². The van der Waals surface area contributed by atoms with Crippen LogP contribution in [0.15, 0.2) is 34.9 Å². The van der Waals surface area contributed by atoms with E-state index in [0.717, 1.165) is 31.5 Å². The van der Waals surface area contributed by atoms with Crippen molar-refractivity contribution in [1.29, 1.82) is 0 Å². The first-order valence-corrected chi connectivity index (χ1v) is 8.23. The summed E-state index contributed by atoms with van der Waals surface area (Å²) in [4.78, 5) is 18.4. The average molecular weight is 329 g/mol. The molecule has 1 aromatic heterocycles. The van der Waals surface area contributed by atoms with E-state index < -0.39 is 6.04 Å². The molecule has 128 valence electrons. The van der Waals surface area contributed by atoms with Gasteiger partial charge in [-0.2, -0.15) is 4.98 Å². The molecule has 7 nitrogen and oxygen atoms in total. The first-order chi connectivity index (χ1) is 11.6. The first kappa shape index (κ1) is 16.6. The van der Waals surface area contributed by atoms with Crippen LogP contribution < -0.4 is 11.1 Å². The lowest BCUT2D eigenvalue weighted by Crippen LogP contribution is -2.49. The maximum atomic E-state index is 11.9. The largest absolute Gasteiger partial charge is 0.368 e. The fourth-order valence-electron chi connectivity index (χ4n) is 3.16. The third-order valence-electron chi connectivity index (χ3n) is 4.26. The van der Waals surface area contributed by atoms with Crippen LogP contribution in [0.1, 0.15) is 36.2 Å². The summed E-state index contributed by atoms with van der Waals surface area (Å²) < 4.78 is 5.02. The number of likely N-dealkylation sites (tertiary alicyclic amines) is 1. The molecule has 3 rings (SSSR count). The Morgan fingerprint density at radius 1 is 1.46 bits per heavy atom. The number of benzene rings is 1. The first-order valence-electron chi connectivity index (χ1n) is 8.23. The molecule has 1 aliphatic rings. The van der Waals surface area contributed by atoms with Gasteiger partial charge in [-0.15, -0.1) is 0 Å². The maximum absolute atomic E-state index is 11.9. The standard InChI is InChI=1S/C17H23N5O2/c1-12-19-15(21-24-12)11-22-9-5-8-14(10-22)20-16(17(18)23)13-6-3-2-4-7-13/h2-4,6-7,14,16,20H,5,8-11H2,1H3,(H2,18,23)/t14-,16+/m1/s1. The van der Waals surface area contributed by atoms with Crippen LogP contribution in [0.2, 0.25) is 0 Å². The minimum Gasteiger partial charge on any atom is -0.368 e. The summed E-state index contributed by atoms with van der Waals surface area (Å²) in [7, 11) is 0. The molecule has 1 aromatic carbocycles. The molecule has 0 spiro atoms. The fraction of sp³-hybridized carbons (Fsp3) is 0.471. The van der Waals surface area contributed by atoms with Crippen molar-refractivity contribution in [3.05, 3.63) is 47.6 Å². The van der Waals surface area contributed by atoms with Gasteiger partial charge in [0.1, 0.15) is 6.04 Å². The summed E-state index contributed by atoms with van der Waals surface area (Å²) in [6, 6.07) is 9.33. The van der Waals surface area contributed by atoms with E-state index in [0.29, 0.717) is 18.3 Å².